The molecule has 3 saturated carbocycles. The first-order valence-electron chi connectivity index (χ1n) is 8.16. The monoisotopic (exact) mass is 250 g/mol. The molecule has 2 bridgehead atoms. The van der Waals surface area contributed by atoms with Crippen molar-refractivity contribution in [1.29, 1.82) is 0 Å². The third-order valence-corrected chi connectivity index (χ3v) is 5.94. The van der Waals surface area contributed by atoms with Crippen molar-refractivity contribution in [2.45, 2.75) is 57.4 Å². The minimum atomic E-state index is 0.473. The standard InChI is InChI=1S/C16H30N2/c1-18(10-14-4-2-3-5-16(14)17)11-15-9-12-6-7-13(15)8-12/h12-16H,2-11,17H2,1H3. The Morgan fingerprint density at radius 1 is 0.944 bits per heavy atom. The van der Waals surface area contributed by atoms with E-state index in [9.17, 15) is 0 Å². The van der Waals surface area contributed by atoms with Crippen LogP contribution in [0, 0.1) is 23.7 Å². The Kier molecular flexibility index (Phi) is 3.95. The zero-order valence-electron chi connectivity index (χ0n) is 12.0. The molecule has 3 aliphatic rings. The lowest BCUT2D eigenvalue weighted by Crippen LogP contribution is -2.41. The molecule has 104 valence electrons. The Morgan fingerprint density at radius 3 is 2.39 bits per heavy atom. The molecule has 3 fully saturated rings. The van der Waals surface area contributed by atoms with Crippen LogP contribution >= 0.6 is 0 Å². The predicted molar refractivity (Wildman–Crippen MR) is 76.4 cm³/mol. The summed E-state index contributed by atoms with van der Waals surface area (Å²) in [7, 11) is 2.33. The molecule has 3 aliphatic carbocycles. The maximum atomic E-state index is 6.27. The van der Waals surface area contributed by atoms with E-state index in [0.29, 0.717) is 6.04 Å². The maximum Gasteiger partial charge on any atom is 0.00793 e. The third-order valence-electron chi connectivity index (χ3n) is 5.94. The van der Waals surface area contributed by atoms with E-state index < -0.39 is 0 Å². The van der Waals surface area contributed by atoms with Gasteiger partial charge >= 0.3 is 0 Å². The van der Waals surface area contributed by atoms with Gasteiger partial charge in [-0.05, 0) is 62.8 Å². The molecule has 2 N–H and O–H groups in total. The summed E-state index contributed by atoms with van der Waals surface area (Å²) in [4.78, 5) is 2.60. The van der Waals surface area contributed by atoms with Crippen molar-refractivity contribution < 1.29 is 0 Å². The summed E-state index contributed by atoms with van der Waals surface area (Å²) in [6, 6.07) is 0.473. The first-order valence-corrected chi connectivity index (χ1v) is 8.16. The van der Waals surface area contributed by atoms with Crippen LogP contribution in [0.25, 0.3) is 0 Å². The number of nitrogens with two attached hydrogens (primary N) is 1. The van der Waals surface area contributed by atoms with Gasteiger partial charge in [-0.15, -0.1) is 0 Å². The highest BCUT2D eigenvalue weighted by molar-refractivity contribution is 4.91. The van der Waals surface area contributed by atoms with E-state index >= 15 is 0 Å². The van der Waals surface area contributed by atoms with Gasteiger partial charge in [-0.25, -0.2) is 0 Å². The van der Waals surface area contributed by atoms with Gasteiger partial charge in [0, 0.05) is 19.1 Å². The van der Waals surface area contributed by atoms with Crippen LogP contribution in [-0.4, -0.2) is 31.1 Å². The summed E-state index contributed by atoms with van der Waals surface area (Å²) in [6.45, 7) is 2.58. The number of hydrogen-bond acceptors (Lipinski definition) is 2. The average Bonchev–Trinajstić information content (AvgIpc) is 2.94. The number of rotatable bonds is 4. The van der Waals surface area contributed by atoms with Crippen molar-refractivity contribution in [3.63, 3.8) is 0 Å². The molecule has 0 spiro atoms. The van der Waals surface area contributed by atoms with Gasteiger partial charge in [0.05, 0.1) is 0 Å². The molecule has 5 unspecified atom stereocenters. The molecule has 0 amide bonds. The van der Waals surface area contributed by atoms with Crippen molar-refractivity contribution in [3.8, 4) is 0 Å². The van der Waals surface area contributed by atoms with Crippen LogP contribution in [0.2, 0.25) is 0 Å². The molecule has 2 heteroatoms. The molecule has 0 aromatic rings. The molecular weight excluding hydrogens is 220 g/mol. The molecule has 5 atom stereocenters. The molecule has 2 nitrogen and oxygen atoms in total. The Morgan fingerprint density at radius 2 is 1.72 bits per heavy atom. The summed E-state index contributed by atoms with van der Waals surface area (Å²) < 4.78 is 0. The van der Waals surface area contributed by atoms with Crippen LogP contribution in [0.15, 0.2) is 0 Å². The molecule has 3 rings (SSSR count). The highest BCUT2D eigenvalue weighted by Crippen LogP contribution is 2.48. The highest BCUT2D eigenvalue weighted by Gasteiger charge is 2.39. The zero-order chi connectivity index (χ0) is 12.5. The van der Waals surface area contributed by atoms with Crippen molar-refractivity contribution in [1.82, 2.24) is 4.90 Å². The van der Waals surface area contributed by atoms with E-state index in [0.717, 1.165) is 23.7 Å². The van der Waals surface area contributed by atoms with E-state index in [2.05, 4.69) is 11.9 Å². The van der Waals surface area contributed by atoms with Gasteiger partial charge in [-0.3, -0.25) is 0 Å². The Labute approximate surface area is 112 Å². The topological polar surface area (TPSA) is 29.3 Å². The second-order valence-corrected chi connectivity index (χ2v) is 7.36. The Hall–Kier alpha value is -0.0800. The quantitative estimate of drug-likeness (QED) is 0.831. The fourth-order valence-electron chi connectivity index (χ4n) is 4.94. The van der Waals surface area contributed by atoms with Crippen LogP contribution in [0.5, 0.6) is 0 Å². The summed E-state index contributed by atoms with van der Waals surface area (Å²) >= 11 is 0. The predicted octanol–water partition coefficient (Wildman–Crippen LogP) is 2.87. The summed E-state index contributed by atoms with van der Waals surface area (Å²) in [5, 5.41) is 0. The van der Waals surface area contributed by atoms with Crippen LogP contribution in [0.1, 0.15) is 51.4 Å². The highest BCUT2D eigenvalue weighted by atomic mass is 15.1. The largest absolute Gasteiger partial charge is 0.327 e. The van der Waals surface area contributed by atoms with E-state index in [1.165, 1.54) is 58.0 Å². The van der Waals surface area contributed by atoms with Crippen LogP contribution in [0.3, 0.4) is 0 Å². The van der Waals surface area contributed by atoms with E-state index in [-0.39, 0.29) is 0 Å². The van der Waals surface area contributed by atoms with Crippen LogP contribution < -0.4 is 5.73 Å². The molecule has 0 heterocycles. The Balaban J connectivity index is 1.45. The first-order chi connectivity index (χ1) is 8.72. The average molecular weight is 250 g/mol. The van der Waals surface area contributed by atoms with Crippen molar-refractivity contribution in [2.24, 2.45) is 29.4 Å². The lowest BCUT2D eigenvalue weighted by Gasteiger charge is -2.34. The van der Waals surface area contributed by atoms with E-state index in [1.807, 2.05) is 0 Å². The fraction of sp³-hybridized carbons (Fsp3) is 1.00. The molecular formula is C16H30N2. The second-order valence-electron chi connectivity index (χ2n) is 7.36. The van der Waals surface area contributed by atoms with E-state index in [4.69, 9.17) is 5.73 Å². The minimum Gasteiger partial charge on any atom is -0.327 e. The fourth-order valence-corrected chi connectivity index (χ4v) is 4.94. The minimum absolute atomic E-state index is 0.473. The van der Waals surface area contributed by atoms with Gasteiger partial charge in [0.1, 0.15) is 0 Å². The zero-order valence-corrected chi connectivity index (χ0v) is 12.0. The van der Waals surface area contributed by atoms with Crippen LogP contribution in [0.4, 0.5) is 0 Å². The number of nitrogens with zero attached hydrogens (tertiary/aromatic N) is 1. The Bertz CT molecular complexity index is 274. The number of hydrogen-bond donors (Lipinski definition) is 1. The SMILES string of the molecule is CN(CC1CCCCC1N)CC1CC2CCC1C2. The van der Waals surface area contributed by atoms with Crippen molar-refractivity contribution >= 4 is 0 Å². The van der Waals surface area contributed by atoms with Gasteiger partial charge in [-0.2, -0.15) is 0 Å². The molecule has 0 aliphatic heterocycles. The van der Waals surface area contributed by atoms with Gasteiger partial charge in [0.25, 0.3) is 0 Å². The molecule has 0 radical (unpaired) electrons. The van der Waals surface area contributed by atoms with Gasteiger partial charge in [0.2, 0.25) is 0 Å². The third kappa shape index (κ3) is 2.75. The first kappa shape index (κ1) is 12.9. The van der Waals surface area contributed by atoms with Crippen molar-refractivity contribution in [2.75, 3.05) is 20.1 Å². The molecule has 18 heavy (non-hydrogen) atoms. The van der Waals surface area contributed by atoms with Crippen molar-refractivity contribution in [3.05, 3.63) is 0 Å². The summed E-state index contributed by atoms with van der Waals surface area (Å²) in [5.41, 5.74) is 6.27. The molecule has 0 aromatic heterocycles. The summed E-state index contributed by atoms with van der Waals surface area (Å²) in [5.74, 6) is 3.93. The summed E-state index contributed by atoms with van der Waals surface area (Å²) in [6.07, 6.45) is 11.5. The number of fused-ring (bicyclic) bond motifs is 2. The molecule has 0 saturated heterocycles. The molecule has 0 aromatic carbocycles. The second kappa shape index (κ2) is 5.50. The van der Waals surface area contributed by atoms with E-state index in [1.54, 1.807) is 6.42 Å². The lowest BCUT2D eigenvalue weighted by atomic mass is 9.84. The lowest BCUT2D eigenvalue weighted by molar-refractivity contribution is 0.169. The smallest absolute Gasteiger partial charge is 0.00793 e. The maximum absolute atomic E-state index is 6.27. The van der Waals surface area contributed by atoms with Gasteiger partial charge in [-0.1, -0.05) is 19.3 Å². The normalized spacial score (nSPS) is 43.8. The van der Waals surface area contributed by atoms with Gasteiger partial charge in [0.15, 0.2) is 0 Å². The van der Waals surface area contributed by atoms with Crippen LogP contribution in [-0.2, 0) is 0 Å². The van der Waals surface area contributed by atoms with Gasteiger partial charge < -0.3 is 10.6 Å².